The van der Waals surface area contributed by atoms with E-state index in [2.05, 4.69) is 0 Å². The van der Waals surface area contributed by atoms with Gasteiger partial charge in [0, 0.05) is 0 Å². The van der Waals surface area contributed by atoms with E-state index in [4.69, 9.17) is 9.47 Å². The van der Waals surface area contributed by atoms with E-state index in [0.29, 0.717) is 11.2 Å². The SMILES string of the molecule is C1C[C@]2(CO2)[C@@H]2CC[C@]3(CO3)[C@H]12. The Morgan fingerprint density at radius 3 is 1.58 bits per heavy atom. The minimum absolute atomic E-state index is 0.361. The highest BCUT2D eigenvalue weighted by atomic mass is 16.6. The van der Waals surface area contributed by atoms with E-state index in [-0.39, 0.29) is 0 Å². The fourth-order valence-electron chi connectivity index (χ4n) is 3.73. The van der Waals surface area contributed by atoms with Gasteiger partial charge in [-0.25, -0.2) is 0 Å². The van der Waals surface area contributed by atoms with Crippen LogP contribution in [0.2, 0.25) is 0 Å². The Bertz CT molecular complexity index is 214. The molecule has 0 unspecified atom stereocenters. The summed E-state index contributed by atoms with van der Waals surface area (Å²) in [7, 11) is 0. The third-order valence-corrected chi connectivity index (χ3v) is 4.62. The molecule has 0 N–H and O–H groups in total. The predicted molar refractivity (Wildman–Crippen MR) is 42.8 cm³/mol. The van der Waals surface area contributed by atoms with Gasteiger partial charge in [-0.2, -0.15) is 0 Å². The van der Waals surface area contributed by atoms with E-state index in [9.17, 15) is 0 Å². The van der Waals surface area contributed by atoms with Crippen molar-refractivity contribution in [3.8, 4) is 0 Å². The van der Waals surface area contributed by atoms with Crippen molar-refractivity contribution in [2.45, 2.75) is 36.9 Å². The summed E-state index contributed by atoms with van der Waals surface area (Å²) in [5, 5.41) is 0. The van der Waals surface area contributed by atoms with E-state index in [1.165, 1.54) is 25.7 Å². The van der Waals surface area contributed by atoms with Crippen LogP contribution in [0.15, 0.2) is 0 Å². The first-order chi connectivity index (χ1) is 5.85. The van der Waals surface area contributed by atoms with Crippen LogP contribution in [0.5, 0.6) is 0 Å². The van der Waals surface area contributed by atoms with Crippen molar-refractivity contribution in [1.82, 2.24) is 0 Å². The third kappa shape index (κ3) is 0.549. The highest BCUT2D eigenvalue weighted by molar-refractivity contribution is 5.18. The van der Waals surface area contributed by atoms with Crippen molar-refractivity contribution in [1.29, 1.82) is 0 Å². The second kappa shape index (κ2) is 1.60. The molecule has 66 valence electrons. The van der Waals surface area contributed by atoms with Gasteiger partial charge in [0.2, 0.25) is 0 Å². The monoisotopic (exact) mass is 166 g/mol. The van der Waals surface area contributed by atoms with Crippen LogP contribution in [0.3, 0.4) is 0 Å². The summed E-state index contributed by atoms with van der Waals surface area (Å²) in [6, 6.07) is 0. The molecule has 2 saturated heterocycles. The van der Waals surface area contributed by atoms with Crippen molar-refractivity contribution in [2.24, 2.45) is 11.8 Å². The zero-order valence-electron chi connectivity index (χ0n) is 7.21. The Morgan fingerprint density at radius 2 is 1.25 bits per heavy atom. The second-order valence-corrected chi connectivity index (χ2v) is 5.00. The minimum atomic E-state index is 0.361. The van der Waals surface area contributed by atoms with Crippen molar-refractivity contribution in [3.63, 3.8) is 0 Å². The van der Waals surface area contributed by atoms with E-state index >= 15 is 0 Å². The fraction of sp³-hybridized carbons (Fsp3) is 1.00. The lowest BCUT2D eigenvalue weighted by atomic mass is 9.89. The number of fused-ring (bicyclic) bond motifs is 3. The van der Waals surface area contributed by atoms with Crippen LogP contribution in [0, 0.1) is 11.8 Å². The Kier molecular flexibility index (Phi) is 0.851. The van der Waals surface area contributed by atoms with E-state index in [0.717, 1.165) is 25.0 Å². The van der Waals surface area contributed by atoms with Gasteiger partial charge < -0.3 is 9.47 Å². The average molecular weight is 166 g/mol. The number of hydrogen-bond donors (Lipinski definition) is 0. The molecule has 0 aromatic carbocycles. The first-order valence-electron chi connectivity index (χ1n) is 5.13. The summed E-state index contributed by atoms with van der Waals surface area (Å²) in [5.74, 6) is 1.72. The molecule has 12 heavy (non-hydrogen) atoms. The zero-order valence-corrected chi connectivity index (χ0v) is 7.21. The quantitative estimate of drug-likeness (QED) is 0.507. The van der Waals surface area contributed by atoms with Gasteiger partial charge in [-0.15, -0.1) is 0 Å². The van der Waals surface area contributed by atoms with Crippen LogP contribution in [0.4, 0.5) is 0 Å². The van der Waals surface area contributed by atoms with Crippen molar-refractivity contribution >= 4 is 0 Å². The average Bonchev–Trinajstić information content (AvgIpc) is 2.89. The fourth-order valence-corrected chi connectivity index (χ4v) is 3.73. The normalized spacial score (nSPS) is 66.0. The molecule has 2 nitrogen and oxygen atoms in total. The standard InChI is InChI=1S/C10H14O2/c1-3-9(5-11-9)8-2-4-10(6-12-10)7(1)8/h7-8H,1-6H2/t7-,8-,9+,10+/m1/s1. The van der Waals surface area contributed by atoms with E-state index < -0.39 is 0 Å². The smallest absolute Gasteiger partial charge is 0.0948 e. The maximum atomic E-state index is 5.64. The van der Waals surface area contributed by atoms with Crippen LogP contribution in [0.25, 0.3) is 0 Å². The Morgan fingerprint density at radius 1 is 0.833 bits per heavy atom. The van der Waals surface area contributed by atoms with Gasteiger partial charge in [0.25, 0.3) is 0 Å². The van der Waals surface area contributed by atoms with Gasteiger partial charge in [0.1, 0.15) is 0 Å². The summed E-state index contributed by atoms with van der Waals surface area (Å²) in [5.41, 5.74) is 0.722. The van der Waals surface area contributed by atoms with Gasteiger partial charge in [-0.3, -0.25) is 0 Å². The van der Waals surface area contributed by atoms with Crippen molar-refractivity contribution in [3.05, 3.63) is 0 Å². The topological polar surface area (TPSA) is 25.1 Å². The molecular formula is C10H14O2. The van der Waals surface area contributed by atoms with Crippen LogP contribution < -0.4 is 0 Å². The summed E-state index contributed by atoms with van der Waals surface area (Å²) in [6.45, 7) is 2.09. The van der Waals surface area contributed by atoms with Crippen LogP contribution in [0.1, 0.15) is 25.7 Å². The molecule has 0 aromatic rings. The predicted octanol–water partition coefficient (Wildman–Crippen LogP) is 1.34. The number of ether oxygens (including phenoxy) is 2. The molecular weight excluding hydrogens is 152 g/mol. The molecule has 0 bridgehead atoms. The Hall–Kier alpha value is -0.0800. The molecule has 2 heterocycles. The summed E-state index contributed by atoms with van der Waals surface area (Å²) in [6.07, 6.45) is 5.36. The second-order valence-electron chi connectivity index (χ2n) is 5.00. The molecule has 4 atom stereocenters. The highest BCUT2D eigenvalue weighted by Crippen LogP contribution is 2.64. The van der Waals surface area contributed by atoms with Gasteiger partial charge in [-0.1, -0.05) is 0 Å². The maximum Gasteiger partial charge on any atom is 0.0948 e. The molecule has 0 amide bonds. The zero-order chi connectivity index (χ0) is 7.81. The highest BCUT2D eigenvalue weighted by Gasteiger charge is 2.69. The third-order valence-electron chi connectivity index (χ3n) is 4.62. The van der Waals surface area contributed by atoms with Gasteiger partial charge in [0.15, 0.2) is 0 Å². The van der Waals surface area contributed by atoms with Gasteiger partial charge >= 0.3 is 0 Å². The molecule has 2 aliphatic carbocycles. The minimum Gasteiger partial charge on any atom is -0.369 e. The van der Waals surface area contributed by atoms with Crippen molar-refractivity contribution in [2.75, 3.05) is 13.2 Å². The molecule has 2 aliphatic heterocycles. The maximum absolute atomic E-state index is 5.64. The molecule has 2 saturated carbocycles. The Balaban J connectivity index is 1.73. The Labute approximate surface area is 72.2 Å². The molecule has 0 aromatic heterocycles. The summed E-state index contributed by atoms with van der Waals surface area (Å²) < 4.78 is 11.3. The number of rotatable bonds is 0. The lowest BCUT2D eigenvalue weighted by Crippen LogP contribution is -2.23. The lowest BCUT2D eigenvalue weighted by molar-refractivity contribution is 0.203. The number of hydrogen-bond acceptors (Lipinski definition) is 2. The summed E-state index contributed by atoms with van der Waals surface area (Å²) in [4.78, 5) is 0. The molecule has 2 heteroatoms. The van der Waals surface area contributed by atoms with Crippen molar-refractivity contribution < 1.29 is 9.47 Å². The first kappa shape index (κ1) is 6.39. The molecule has 0 radical (unpaired) electrons. The number of epoxide rings is 2. The van der Waals surface area contributed by atoms with Gasteiger partial charge in [0.05, 0.1) is 24.4 Å². The van der Waals surface area contributed by atoms with Crippen LogP contribution >= 0.6 is 0 Å². The molecule has 2 spiro atoms. The molecule has 4 aliphatic rings. The first-order valence-corrected chi connectivity index (χ1v) is 5.13. The molecule has 4 fully saturated rings. The van der Waals surface area contributed by atoms with Gasteiger partial charge in [-0.05, 0) is 37.5 Å². The van der Waals surface area contributed by atoms with Crippen LogP contribution in [-0.2, 0) is 9.47 Å². The van der Waals surface area contributed by atoms with Crippen LogP contribution in [-0.4, -0.2) is 24.4 Å². The van der Waals surface area contributed by atoms with E-state index in [1.807, 2.05) is 0 Å². The van der Waals surface area contributed by atoms with E-state index in [1.54, 1.807) is 0 Å². The summed E-state index contributed by atoms with van der Waals surface area (Å²) >= 11 is 0. The largest absolute Gasteiger partial charge is 0.369 e. The lowest BCUT2D eigenvalue weighted by Gasteiger charge is -2.15. The molecule has 4 rings (SSSR count).